The second kappa shape index (κ2) is 3.08. The van der Waals surface area contributed by atoms with Crippen molar-refractivity contribution in [2.45, 2.75) is 33.6 Å². The largest absolute Gasteiger partial charge is 0.0961 e. The van der Waals surface area contributed by atoms with Crippen molar-refractivity contribution in [3.8, 4) is 0 Å². The van der Waals surface area contributed by atoms with Crippen LogP contribution in [0.4, 0.5) is 0 Å². The second-order valence-corrected chi connectivity index (χ2v) is 3.29. The highest BCUT2D eigenvalue weighted by molar-refractivity contribution is 5.50. The molecule has 1 aliphatic rings. The summed E-state index contributed by atoms with van der Waals surface area (Å²) in [5.41, 5.74) is 5.75. The van der Waals surface area contributed by atoms with E-state index >= 15 is 0 Å². The average molecular weight is 148 g/mol. The lowest BCUT2D eigenvalue weighted by Crippen LogP contribution is -1.71. The van der Waals surface area contributed by atoms with Gasteiger partial charge in [0.25, 0.3) is 0 Å². The van der Waals surface area contributed by atoms with Gasteiger partial charge >= 0.3 is 0 Å². The molecule has 0 fully saturated rings. The molecule has 0 spiro atoms. The van der Waals surface area contributed by atoms with Crippen LogP contribution < -0.4 is 0 Å². The van der Waals surface area contributed by atoms with Gasteiger partial charge in [0.05, 0.1) is 0 Å². The van der Waals surface area contributed by atoms with E-state index in [0.29, 0.717) is 0 Å². The zero-order chi connectivity index (χ0) is 8.43. The van der Waals surface area contributed by atoms with E-state index in [1.165, 1.54) is 18.4 Å². The van der Waals surface area contributed by atoms with Gasteiger partial charge in [0.2, 0.25) is 0 Å². The van der Waals surface area contributed by atoms with E-state index in [4.69, 9.17) is 0 Å². The van der Waals surface area contributed by atoms with Crippen LogP contribution in [0.2, 0.25) is 0 Å². The first-order valence-electron chi connectivity index (χ1n) is 4.20. The molecule has 0 radical (unpaired) electrons. The Morgan fingerprint density at radius 1 is 1.55 bits per heavy atom. The Morgan fingerprint density at radius 3 is 2.55 bits per heavy atom. The summed E-state index contributed by atoms with van der Waals surface area (Å²) in [5.74, 6) is 0. The summed E-state index contributed by atoms with van der Waals surface area (Å²) in [5, 5.41) is 0. The molecule has 60 valence electrons. The number of hydrogen-bond acceptors (Lipinski definition) is 0. The quantitative estimate of drug-likeness (QED) is 0.536. The summed E-state index contributed by atoms with van der Waals surface area (Å²) >= 11 is 0. The van der Waals surface area contributed by atoms with Crippen LogP contribution in [0.3, 0.4) is 0 Å². The van der Waals surface area contributed by atoms with Crippen molar-refractivity contribution in [3.05, 3.63) is 34.9 Å². The molecular weight excluding hydrogens is 132 g/mol. The van der Waals surface area contributed by atoms with Crippen LogP contribution in [0, 0.1) is 0 Å². The normalized spacial score (nSPS) is 17.2. The maximum absolute atomic E-state index is 3.86. The predicted molar refractivity (Wildman–Crippen MR) is 50.5 cm³/mol. The van der Waals surface area contributed by atoms with E-state index in [0.717, 1.165) is 5.57 Å². The summed E-state index contributed by atoms with van der Waals surface area (Å²) < 4.78 is 0. The van der Waals surface area contributed by atoms with Crippen molar-refractivity contribution in [3.63, 3.8) is 0 Å². The van der Waals surface area contributed by atoms with Gasteiger partial charge in [-0.05, 0) is 37.8 Å². The van der Waals surface area contributed by atoms with Gasteiger partial charge in [0.1, 0.15) is 0 Å². The Labute approximate surface area is 69.3 Å². The molecule has 0 aromatic rings. The van der Waals surface area contributed by atoms with Crippen molar-refractivity contribution in [1.29, 1.82) is 0 Å². The molecule has 0 saturated carbocycles. The van der Waals surface area contributed by atoms with Gasteiger partial charge in [-0.1, -0.05) is 30.7 Å². The monoisotopic (exact) mass is 148 g/mol. The van der Waals surface area contributed by atoms with Gasteiger partial charge in [-0.3, -0.25) is 0 Å². The van der Waals surface area contributed by atoms with Crippen molar-refractivity contribution in [2.75, 3.05) is 0 Å². The molecule has 0 atom stereocenters. The summed E-state index contributed by atoms with van der Waals surface area (Å²) in [6.45, 7) is 10.3. The minimum absolute atomic E-state index is 1.15. The Balaban J connectivity index is 2.64. The summed E-state index contributed by atoms with van der Waals surface area (Å²) in [7, 11) is 0. The molecule has 0 heteroatoms. The Kier molecular flexibility index (Phi) is 2.33. The molecule has 0 unspecified atom stereocenters. The van der Waals surface area contributed by atoms with Crippen LogP contribution in [0.15, 0.2) is 34.9 Å². The fourth-order valence-corrected chi connectivity index (χ4v) is 1.38. The third kappa shape index (κ3) is 2.07. The van der Waals surface area contributed by atoms with E-state index < -0.39 is 0 Å². The van der Waals surface area contributed by atoms with Crippen LogP contribution in [0.1, 0.15) is 33.6 Å². The van der Waals surface area contributed by atoms with Gasteiger partial charge in [0, 0.05) is 0 Å². The maximum atomic E-state index is 3.86. The van der Waals surface area contributed by atoms with E-state index in [1.54, 1.807) is 11.1 Å². The highest BCUT2D eigenvalue weighted by atomic mass is 14.2. The van der Waals surface area contributed by atoms with Gasteiger partial charge in [-0.2, -0.15) is 0 Å². The number of hydrogen-bond donors (Lipinski definition) is 0. The van der Waals surface area contributed by atoms with E-state index in [9.17, 15) is 0 Å². The molecular formula is C11H16. The minimum atomic E-state index is 1.15. The smallest absolute Gasteiger partial charge is 0.00589 e. The Bertz CT molecular complexity index is 239. The third-order valence-electron chi connectivity index (χ3n) is 2.06. The topological polar surface area (TPSA) is 0 Å². The van der Waals surface area contributed by atoms with Crippen LogP contribution in [0.5, 0.6) is 0 Å². The van der Waals surface area contributed by atoms with Gasteiger partial charge in [-0.25, -0.2) is 0 Å². The first kappa shape index (κ1) is 8.32. The average Bonchev–Trinajstić information content (AvgIpc) is 2.63. The predicted octanol–water partition coefficient (Wildman–Crippen LogP) is 3.62. The molecule has 0 amide bonds. The highest BCUT2D eigenvalue weighted by Gasteiger charge is 2.19. The molecule has 1 rings (SSSR count). The molecule has 1 aliphatic carbocycles. The molecule has 0 saturated heterocycles. The molecule has 0 heterocycles. The minimum Gasteiger partial charge on any atom is -0.0961 e. The zero-order valence-electron chi connectivity index (χ0n) is 7.70. The third-order valence-corrected chi connectivity index (χ3v) is 2.06. The fraction of sp³-hybridized carbons (Fsp3) is 0.455. The highest BCUT2D eigenvalue weighted by Crippen LogP contribution is 2.38. The first-order chi connectivity index (χ1) is 5.15. The molecule has 0 aromatic heterocycles. The lowest BCUT2D eigenvalue weighted by molar-refractivity contribution is 1.15. The van der Waals surface area contributed by atoms with Gasteiger partial charge in [0.15, 0.2) is 0 Å². The molecule has 0 bridgehead atoms. The second-order valence-electron chi connectivity index (χ2n) is 3.29. The zero-order valence-corrected chi connectivity index (χ0v) is 7.70. The van der Waals surface area contributed by atoms with Crippen LogP contribution in [-0.2, 0) is 0 Å². The summed E-state index contributed by atoms with van der Waals surface area (Å²) in [4.78, 5) is 0. The van der Waals surface area contributed by atoms with E-state index in [1.807, 2.05) is 6.92 Å². The standard InChI is InChI=1S/C11H16/c1-5-10-7-11(10)9(4)6-8(2)3/h6H,2,5,7H2,1,3-4H3/b9-6-. The Hall–Kier alpha value is -0.780. The fourth-order valence-electron chi connectivity index (χ4n) is 1.38. The molecule has 0 N–H and O–H groups in total. The van der Waals surface area contributed by atoms with Crippen molar-refractivity contribution >= 4 is 0 Å². The van der Waals surface area contributed by atoms with Crippen LogP contribution in [0.25, 0.3) is 0 Å². The first-order valence-corrected chi connectivity index (χ1v) is 4.20. The molecule has 0 aromatic carbocycles. The van der Waals surface area contributed by atoms with Crippen molar-refractivity contribution < 1.29 is 0 Å². The van der Waals surface area contributed by atoms with E-state index in [-0.39, 0.29) is 0 Å². The molecule has 0 aliphatic heterocycles. The van der Waals surface area contributed by atoms with Crippen molar-refractivity contribution in [2.24, 2.45) is 0 Å². The SMILES string of the molecule is C=C(C)/C=C(/C)C1=C(CC)C1. The van der Waals surface area contributed by atoms with Gasteiger partial charge < -0.3 is 0 Å². The lowest BCUT2D eigenvalue weighted by Gasteiger charge is -1.91. The molecule has 11 heavy (non-hydrogen) atoms. The van der Waals surface area contributed by atoms with Crippen molar-refractivity contribution in [1.82, 2.24) is 0 Å². The van der Waals surface area contributed by atoms with Crippen LogP contribution in [-0.4, -0.2) is 0 Å². The Morgan fingerprint density at radius 2 is 2.18 bits per heavy atom. The number of allylic oxidation sites excluding steroid dienone is 5. The maximum Gasteiger partial charge on any atom is -0.00589 e. The van der Waals surface area contributed by atoms with Crippen LogP contribution >= 0.6 is 0 Å². The van der Waals surface area contributed by atoms with E-state index in [2.05, 4.69) is 26.5 Å². The lowest BCUT2D eigenvalue weighted by atomic mass is 10.1. The summed E-state index contributed by atoms with van der Waals surface area (Å²) in [6, 6.07) is 0. The summed E-state index contributed by atoms with van der Waals surface area (Å²) in [6.07, 6.45) is 4.63. The van der Waals surface area contributed by atoms with Gasteiger partial charge in [-0.15, -0.1) is 0 Å². The molecule has 0 nitrogen and oxygen atoms in total. The number of rotatable bonds is 3.